The summed E-state index contributed by atoms with van der Waals surface area (Å²) in [5.74, 6) is -0.467. The topological polar surface area (TPSA) is 60.3 Å². The van der Waals surface area contributed by atoms with Gasteiger partial charge in [-0.2, -0.15) is 0 Å². The van der Waals surface area contributed by atoms with Gasteiger partial charge in [-0.15, -0.1) is 0 Å². The number of rotatable bonds is 6. The zero-order chi connectivity index (χ0) is 16.1. The molecule has 2 aromatic rings. The summed E-state index contributed by atoms with van der Waals surface area (Å²) in [6, 6.07) is 5.93. The second-order valence-electron chi connectivity index (χ2n) is 4.76. The van der Waals surface area contributed by atoms with E-state index in [1.165, 1.54) is 13.2 Å². The Balaban J connectivity index is 2.30. The maximum Gasteiger partial charge on any atom is 0.307 e. The number of carbonyl (C=O) groups excluding carboxylic acids is 2. The number of nitrogens with one attached hydrogen (secondary N) is 1. The highest BCUT2D eigenvalue weighted by Crippen LogP contribution is 2.25. The maximum atomic E-state index is 11.3. The van der Waals surface area contributed by atoms with Crippen LogP contribution in [0.2, 0.25) is 0 Å². The number of methoxy groups -OCH3 is 1. The second-order valence-corrected chi connectivity index (χ2v) is 5.67. The van der Waals surface area contributed by atoms with Gasteiger partial charge in [-0.3, -0.25) is 9.59 Å². The van der Waals surface area contributed by atoms with E-state index in [0.29, 0.717) is 19.5 Å². The first-order valence-corrected chi connectivity index (χ1v) is 7.58. The Bertz CT molecular complexity index is 721. The van der Waals surface area contributed by atoms with Crippen molar-refractivity contribution in [1.82, 2.24) is 9.88 Å². The van der Waals surface area contributed by atoms with E-state index < -0.39 is 0 Å². The SMILES string of the molecule is C=CC(=O)NCc1cn(CCC(=O)OC)c2ccc(Br)cc12. The van der Waals surface area contributed by atoms with Crippen LogP contribution in [0.4, 0.5) is 0 Å². The first kappa shape index (κ1) is 16.3. The maximum absolute atomic E-state index is 11.3. The van der Waals surface area contributed by atoms with E-state index in [1.807, 2.05) is 29.0 Å². The molecule has 0 atom stereocenters. The third-order valence-corrected chi connectivity index (χ3v) is 3.84. The van der Waals surface area contributed by atoms with Crippen LogP contribution in [0.5, 0.6) is 0 Å². The van der Waals surface area contributed by atoms with E-state index >= 15 is 0 Å². The number of ether oxygens (including phenoxy) is 1. The monoisotopic (exact) mass is 364 g/mol. The molecule has 0 fully saturated rings. The fourth-order valence-electron chi connectivity index (χ4n) is 2.24. The molecule has 5 nitrogen and oxygen atoms in total. The molecule has 1 aromatic heterocycles. The van der Waals surface area contributed by atoms with Crippen molar-refractivity contribution in [2.75, 3.05) is 7.11 Å². The van der Waals surface area contributed by atoms with Gasteiger partial charge in [0.05, 0.1) is 13.5 Å². The fraction of sp³-hybridized carbons (Fsp3) is 0.250. The molecule has 0 saturated heterocycles. The number of benzene rings is 1. The number of aromatic nitrogens is 1. The van der Waals surface area contributed by atoms with Gasteiger partial charge in [0.15, 0.2) is 0 Å². The molecule has 6 heteroatoms. The van der Waals surface area contributed by atoms with E-state index in [9.17, 15) is 9.59 Å². The van der Waals surface area contributed by atoms with Gasteiger partial charge in [0, 0.05) is 34.7 Å². The van der Waals surface area contributed by atoms with Gasteiger partial charge in [-0.25, -0.2) is 0 Å². The number of hydrogen-bond donors (Lipinski definition) is 1. The molecule has 22 heavy (non-hydrogen) atoms. The summed E-state index contributed by atoms with van der Waals surface area (Å²) in [6.07, 6.45) is 3.49. The Morgan fingerprint density at radius 1 is 1.45 bits per heavy atom. The van der Waals surface area contributed by atoms with Crippen molar-refractivity contribution in [3.8, 4) is 0 Å². The molecule has 0 aliphatic rings. The van der Waals surface area contributed by atoms with Crippen LogP contribution in [0.25, 0.3) is 10.9 Å². The second kappa shape index (κ2) is 7.26. The highest BCUT2D eigenvalue weighted by Gasteiger charge is 2.11. The van der Waals surface area contributed by atoms with Crippen LogP contribution in [0.1, 0.15) is 12.0 Å². The average Bonchev–Trinajstić information content (AvgIpc) is 2.87. The molecule has 1 N–H and O–H groups in total. The molecule has 0 aliphatic carbocycles. The molecule has 1 aromatic carbocycles. The number of esters is 1. The lowest BCUT2D eigenvalue weighted by Gasteiger charge is -2.04. The summed E-state index contributed by atoms with van der Waals surface area (Å²) in [4.78, 5) is 22.7. The van der Waals surface area contributed by atoms with Crippen LogP contribution in [0, 0.1) is 0 Å². The Labute approximate surface area is 137 Å². The molecule has 1 amide bonds. The standard InChI is InChI=1S/C16H17BrN2O3/c1-3-15(20)18-9-11-10-19(7-6-16(21)22-2)14-5-4-12(17)8-13(11)14/h3-5,8,10H,1,6-7,9H2,2H3,(H,18,20). The van der Waals surface area contributed by atoms with Crippen molar-refractivity contribution in [3.05, 3.63) is 47.1 Å². The van der Waals surface area contributed by atoms with Gasteiger partial charge in [0.25, 0.3) is 0 Å². The zero-order valence-corrected chi connectivity index (χ0v) is 13.9. The summed E-state index contributed by atoms with van der Waals surface area (Å²) in [7, 11) is 1.38. The first-order chi connectivity index (χ1) is 10.5. The molecule has 116 valence electrons. The van der Waals surface area contributed by atoms with Crippen LogP contribution in [-0.2, 0) is 27.4 Å². The van der Waals surface area contributed by atoms with Crippen LogP contribution in [-0.4, -0.2) is 23.6 Å². The van der Waals surface area contributed by atoms with Gasteiger partial charge in [-0.1, -0.05) is 22.5 Å². The fourth-order valence-corrected chi connectivity index (χ4v) is 2.60. The first-order valence-electron chi connectivity index (χ1n) is 6.79. The van der Waals surface area contributed by atoms with Gasteiger partial charge in [0.2, 0.25) is 5.91 Å². The molecular weight excluding hydrogens is 348 g/mol. The lowest BCUT2D eigenvalue weighted by molar-refractivity contribution is -0.140. The molecule has 0 saturated carbocycles. The Morgan fingerprint density at radius 2 is 2.23 bits per heavy atom. The van der Waals surface area contributed by atoms with Crippen molar-refractivity contribution < 1.29 is 14.3 Å². The van der Waals surface area contributed by atoms with Crippen molar-refractivity contribution in [1.29, 1.82) is 0 Å². The molecule has 1 heterocycles. The van der Waals surface area contributed by atoms with Crippen LogP contribution in [0.15, 0.2) is 41.5 Å². The minimum absolute atomic E-state index is 0.217. The lowest BCUT2D eigenvalue weighted by atomic mass is 10.2. The minimum Gasteiger partial charge on any atom is -0.469 e. The Hall–Kier alpha value is -2.08. The van der Waals surface area contributed by atoms with Crippen molar-refractivity contribution in [2.45, 2.75) is 19.5 Å². The number of fused-ring (bicyclic) bond motifs is 1. The van der Waals surface area contributed by atoms with Crippen molar-refractivity contribution in [3.63, 3.8) is 0 Å². The summed E-state index contributed by atoms with van der Waals surface area (Å²) >= 11 is 3.46. The average molecular weight is 365 g/mol. The molecule has 0 unspecified atom stereocenters. The predicted molar refractivity (Wildman–Crippen MR) is 88.3 cm³/mol. The van der Waals surface area contributed by atoms with E-state index in [0.717, 1.165) is 20.9 Å². The van der Waals surface area contributed by atoms with Gasteiger partial charge in [-0.05, 0) is 29.8 Å². The highest BCUT2D eigenvalue weighted by atomic mass is 79.9. The Morgan fingerprint density at radius 3 is 2.91 bits per heavy atom. The summed E-state index contributed by atoms with van der Waals surface area (Å²) < 4.78 is 7.63. The lowest BCUT2D eigenvalue weighted by Crippen LogP contribution is -2.19. The third-order valence-electron chi connectivity index (χ3n) is 3.35. The number of aryl methyl sites for hydroxylation is 1. The molecule has 0 bridgehead atoms. The summed E-state index contributed by atoms with van der Waals surface area (Å²) in [6.45, 7) is 4.37. The quantitative estimate of drug-likeness (QED) is 0.633. The van der Waals surface area contributed by atoms with Gasteiger partial charge in [0.1, 0.15) is 0 Å². The van der Waals surface area contributed by atoms with E-state index in [-0.39, 0.29) is 11.9 Å². The van der Waals surface area contributed by atoms with Crippen LogP contribution >= 0.6 is 15.9 Å². The van der Waals surface area contributed by atoms with Gasteiger partial charge >= 0.3 is 5.97 Å². The predicted octanol–water partition coefficient (Wildman–Crippen LogP) is 2.77. The van der Waals surface area contributed by atoms with Crippen molar-refractivity contribution in [2.24, 2.45) is 0 Å². The van der Waals surface area contributed by atoms with E-state index in [2.05, 4.69) is 32.6 Å². The zero-order valence-electron chi connectivity index (χ0n) is 12.3. The summed E-state index contributed by atoms with van der Waals surface area (Å²) in [5.41, 5.74) is 1.99. The van der Waals surface area contributed by atoms with Gasteiger partial charge < -0.3 is 14.6 Å². The molecular formula is C16H17BrN2O3. The molecule has 0 spiro atoms. The Kier molecular flexibility index (Phi) is 5.38. The molecule has 0 aliphatic heterocycles. The van der Waals surface area contributed by atoms with Crippen LogP contribution < -0.4 is 5.32 Å². The molecule has 0 radical (unpaired) electrons. The number of halogens is 1. The molecule has 2 rings (SSSR count). The number of nitrogens with zero attached hydrogens (tertiary/aromatic N) is 1. The van der Waals surface area contributed by atoms with E-state index in [1.54, 1.807) is 0 Å². The number of carbonyl (C=O) groups is 2. The number of amides is 1. The van der Waals surface area contributed by atoms with Crippen molar-refractivity contribution >= 4 is 38.7 Å². The third kappa shape index (κ3) is 3.76. The largest absolute Gasteiger partial charge is 0.469 e. The minimum atomic E-state index is -0.250. The summed E-state index contributed by atoms with van der Waals surface area (Å²) in [5, 5.41) is 3.80. The van der Waals surface area contributed by atoms with Crippen LogP contribution in [0.3, 0.4) is 0 Å². The highest BCUT2D eigenvalue weighted by molar-refractivity contribution is 9.10. The van der Waals surface area contributed by atoms with E-state index in [4.69, 9.17) is 0 Å². The normalized spacial score (nSPS) is 10.5. The smallest absolute Gasteiger partial charge is 0.307 e. The number of hydrogen-bond acceptors (Lipinski definition) is 3.